The van der Waals surface area contributed by atoms with Gasteiger partial charge in [0.1, 0.15) is 0 Å². The molecule has 0 N–H and O–H groups in total. The van der Waals surface area contributed by atoms with Crippen molar-refractivity contribution >= 4 is 16.5 Å². The number of hydrogen-bond donors (Lipinski definition) is 0. The van der Waals surface area contributed by atoms with Crippen molar-refractivity contribution in [3.05, 3.63) is 151 Å². The molecular formula is C43H52HfN2-4. The van der Waals surface area contributed by atoms with Gasteiger partial charge in [0.25, 0.3) is 0 Å². The van der Waals surface area contributed by atoms with Crippen LogP contribution in [0.2, 0.25) is 0 Å². The second kappa shape index (κ2) is 18.3. The second-order valence-corrected chi connectivity index (χ2v) is 12.0. The third-order valence-electron chi connectivity index (χ3n) is 9.15. The van der Waals surface area contributed by atoms with Crippen LogP contribution in [0.25, 0.3) is 27.3 Å². The second-order valence-electron chi connectivity index (χ2n) is 12.0. The van der Waals surface area contributed by atoms with Crippen molar-refractivity contribution in [2.24, 2.45) is 0 Å². The third kappa shape index (κ3) is 8.26. The number of para-hydroxylation sites is 1. The molecule has 0 radical (unpaired) electrons. The van der Waals surface area contributed by atoms with Gasteiger partial charge in [0.05, 0.1) is 0 Å². The molecule has 2 nitrogen and oxygen atoms in total. The van der Waals surface area contributed by atoms with Gasteiger partial charge < -0.3 is 25.2 Å². The summed E-state index contributed by atoms with van der Waals surface area (Å²) >= 11 is 0. The van der Waals surface area contributed by atoms with Gasteiger partial charge in [-0.2, -0.15) is 0 Å². The average Bonchev–Trinajstić information content (AvgIpc) is 3.05. The van der Waals surface area contributed by atoms with Crippen LogP contribution in [0.15, 0.2) is 97.1 Å². The van der Waals surface area contributed by atoms with Gasteiger partial charge in [-0.3, -0.25) is 0 Å². The molecule has 1 unspecified atom stereocenters. The van der Waals surface area contributed by atoms with Gasteiger partial charge in [-0.15, -0.1) is 34.8 Å². The zero-order valence-corrected chi connectivity index (χ0v) is 32.9. The molecule has 1 atom stereocenters. The SMILES string of the molecule is CCC(CC)c1cccc(C(CC)CC)c1[N-]C(c1cccc(-c2[c-]ccc3ccccc23)n1)c1ccccc1C(C)C.[CH3-].[CH3-].[Hf]. The average molecular weight is 775 g/mol. The summed E-state index contributed by atoms with van der Waals surface area (Å²) in [5.41, 5.74) is 9.43. The fraction of sp³-hybridized carbons (Fsp3) is 0.326. The predicted molar refractivity (Wildman–Crippen MR) is 197 cm³/mol. The summed E-state index contributed by atoms with van der Waals surface area (Å²) < 4.78 is 0. The van der Waals surface area contributed by atoms with Crippen LogP contribution in [0.4, 0.5) is 5.69 Å². The minimum atomic E-state index is -0.225. The van der Waals surface area contributed by atoms with Gasteiger partial charge in [-0.1, -0.05) is 142 Å². The van der Waals surface area contributed by atoms with E-state index in [-0.39, 0.29) is 46.7 Å². The maximum atomic E-state index is 5.80. The first kappa shape index (κ1) is 39.1. The Balaban J connectivity index is 0.00000245. The van der Waals surface area contributed by atoms with Crippen molar-refractivity contribution in [1.82, 2.24) is 4.98 Å². The van der Waals surface area contributed by atoms with Crippen LogP contribution in [0.1, 0.15) is 119 Å². The van der Waals surface area contributed by atoms with E-state index in [1.54, 1.807) is 0 Å². The first-order valence-electron chi connectivity index (χ1n) is 16.3. The van der Waals surface area contributed by atoms with Crippen molar-refractivity contribution in [3.8, 4) is 11.3 Å². The number of fused-ring (bicyclic) bond motifs is 1. The molecule has 0 spiro atoms. The van der Waals surface area contributed by atoms with Gasteiger partial charge in [0.2, 0.25) is 0 Å². The van der Waals surface area contributed by atoms with Crippen molar-refractivity contribution in [2.45, 2.75) is 91.0 Å². The molecule has 4 aromatic carbocycles. The van der Waals surface area contributed by atoms with E-state index in [1.807, 2.05) is 6.07 Å². The Kier molecular flexibility index (Phi) is 15.6. The summed E-state index contributed by atoms with van der Waals surface area (Å²) in [6.07, 6.45) is 4.40. The number of nitrogens with zero attached hydrogens (tertiary/aromatic N) is 2. The molecule has 0 aliphatic carbocycles. The summed E-state index contributed by atoms with van der Waals surface area (Å²) in [5.74, 6) is 1.31. The van der Waals surface area contributed by atoms with E-state index in [0.29, 0.717) is 17.8 Å². The van der Waals surface area contributed by atoms with E-state index in [9.17, 15) is 0 Å². The van der Waals surface area contributed by atoms with Gasteiger partial charge in [0.15, 0.2) is 0 Å². The van der Waals surface area contributed by atoms with Crippen LogP contribution in [0.3, 0.4) is 0 Å². The van der Waals surface area contributed by atoms with Crippen LogP contribution in [0.5, 0.6) is 0 Å². The Hall–Kier alpha value is -3.04. The third-order valence-corrected chi connectivity index (χ3v) is 9.15. The van der Waals surface area contributed by atoms with E-state index in [4.69, 9.17) is 10.3 Å². The van der Waals surface area contributed by atoms with Gasteiger partial charge in [-0.05, 0) is 66.8 Å². The van der Waals surface area contributed by atoms with Gasteiger partial charge in [0, 0.05) is 31.5 Å². The summed E-state index contributed by atoms with van der Waals surface area (Å²) in [6, 6.07) is 38.0. The van der Waals surface area contributed by atoms with E-state index in [1.165, 1.54) is 38.7 Å². The zero-order chi connectivity index (χ0) is 30.3. The number of aromatic nitrogens is 1. The van der Waals surface area contributed by atoms with Crippen molar-refractivity contribution in [3.63, 3.8) is 0 Å². The minimum absolute atomic E-state index is 0. The normalized spacial score (nSPS) is 11.6. The molecule has 5 aromatic rings. The smallest absolute Gasteiger partial charge is 0.0195 e. The summed E-state index contributed by atoms with van der Waals surface area (Å²) in [5, 5.41) is 8.17. The standard InChI is InChI=1S/C41H46N2.2CH3.Hf/c1-7-29(8-2)34-23-16-24-35(30(9-3)10-4)40(34)43-41(37-22-14-13-20-32(37)28(5)6)39-27-17-26-38(42-39)36-25-15-19-31-18-11-12-21-33(31)36;;;/h11-24,26-30,41H,7-10H2,1-6H3;2*1H3;/q-2;2*-1;. The maximum absolute atomic E-state index is 5.80. The summed E-state index contributed by atoms with van der Waals surface area (Å²) in [7, 11) is 0. The van der Waals surface area contributed by atoms with E-state index in [0.717, 1.165) is 42.6 Å². The Labute approximate surface area is 299 Å². The molecule has 0 aliphatic heterocycles. The summed E-state index contributed by atoms with van der Waals surface area (Å²) in [6.45, 7) is 13.8. The fourth-order valence-electron chi connectivity index (χ4n) is 6.67. The number of benzene rings is 4. The molecule has 1 aromatic heterocycles. The molecule has 5 rings (SSSR count). The van der Waals surface area contributed by atoms with Crippen molar-refractivity contribution in [1.29, 1.82) is 0 Å². The molecule has 0 fully saturated rings. The number of pyridine rings is 1. The van der Waals surface area contributed by atoms with E-state index in [2.05, 4.69) is 139 Å². The van der Waals surface area contributed by atoms with E-state index < -0.39 is 0 Å². The van der Waals surface area contributed by atoms with Crippen molar-refractivity contribution < 1.29 is 25.8 Å². The quantitative estimate of drug-likeness (QED) is 0.0916. The van der Waals surface area contributed by atoms with Crippen LogP contribution < -0.4 is 0 Å². The molecule has 3 heteroatoms. The van der Waals surface area contributed by atoms with Crippen molar-refractivity contribution in [2.75, 3.05) is 0 Å². The summed E-state index contributed by atoms with van der Waals surface area (Å²) in [4.78, 5) is 5.37. The molecule has 1 heterocycles. The van der Waals surface area contributed by atoms with Crippen LogP contribution in [0, 0.1) is 20.9 Å². The first-order valence-corrected chi connectivity index (χ1v) is 16.3. The molecule has 242 valence electrons. The van der Waals surface area contributed by atoms with Gasteiger partial charge >= 0.3 is 0 Å². The fourth-order valence-corrected chi connectivity index (χ4v) is 6.67. The molecule has 46 heavy (non-hydrogen) atoms. The first-order chi connectivity index (χ1) is 21.0. The number of hydrogen-bond acceptors (Lipinski definition) is 1. The molecule has 0 bridgehead atoms. The molecule has 0 saturated carbocycles. The molecule has 0 amide bonds. The van der Waals surface area contributed by atoms with Crippen LogP contribution in [-0.2, 0) is 25.8 Å². The minimum Gasteiger partial charge on any atom is -0.673 e. The Morgan fingerprint density at radius 1 is 0.630 bits per heavy atom. The largest absolute Gasteiger partial charge is 0.673 e. The van der Waals surface area contributed by atoms with E-state index >= 15 is 0 Å². The number of rotatable bonds is 12. The zero-order valence-electron chi connectivity index (χ0n) is 29.3. The topological polar surface area (TPSA) is 27.0 Å². The predicted octanol–water partition coefficient (Wildman–Crippen LogP) is 13.3. The van der Waals surface area contributed by atoms with Crippen LogP contribution >= 0.6 is 0 Å². The molecular weight excluding hydrogens is 723 g/mol. The molecule has 0 saturated heterocycles. The Bertz CT molecular complexity index is 1610. The monoisotopic (exact) mass is 776 g/mol. The van der Waals surface area contributed by atoms with Gasteiger partial charge in [-0.25, -0.2) is 0 Å². The Morgan fingerprint density at radius 3 is 1.78 bits per heavy atom. The maximum Gasteiger partial charge on any atom is 0.0195 e. The molecule has 0 aliphatic rings. The van der Waals surface area contributed by atoms with Crippen LogP contribution in [-0.4, -0.2) is 4.98 Å². The Morgan fingerprint density at radius 2 is 1.17 bits per heavy atom.